The van der Waals surface area contributed by atoms with Crippen LogP contribution in [-0.2, 0) is 0 Å². The number of hydrogen-bond donors (Lipinski definition) is 1. The van der Waals surface area contributed by atoms with Gasteiger partial charge in [-0.2, -0.15) is 5.26 Å². The first-order valence-corrected chi connectivity index (χ1v) is 5.57. The predicted octanol–water partition coefficient (Wildman–Crippen LogP) is 3.60. The lowest BCUT2D eigenvalue weighted by Gasteiger charge is -2.06. The molecule has 0 saturated heterocycles. The highest BCUT2D eigenvalue weighted by Gasteiger charge is 2.02. The van der Waals surface area contributed by atoms with Crippen molar-refractivity contribution in [1.29, 1.82) is 5.26 Å². The number of nitriles is 1. The van der Waals surface area contributed by atoms with Gasteiger partial charge in [-0.25, -0.2) is 9.37 Å². The molecule has 0 unspecified atom stereocenters. The van der Waals surface area contributed by atoms with Gasteiger partial charge in [-0.1, -0.05) is 6.07 Å². The number of benzene rings is 1. The monoisotopic (exact) mass is 291 g/mol. The van der Waals surface area contributed by atoms with E-state index in [0.717, 1.165) is 0 Å². The van der Waals surface area contributed by atoms with Gasteiger partial charge in [0.2, 0.25) is 0 Å². The second kappa shape index (κ2) is 4.93. The second-order valence-electron chi connectivity index (χ2n) is 3.27. The van der Waals surface area contributed by atoms with Crippen LogP contribution in [0.25, 0.3) is 0 Å². The quantitative estimate of drug-likeness (QED) is 0.920. The van der Waals surface area contributed by atoms with Gasteiger partial charge in [0, 0.05) is 5.69 Å². The summed E-state index contributed by atoms with van der Waals surface area (Å²) in [7, 11) is 0. The lowest BCUT2D eigenvalue weighted by atomic mass is 10.3. The summed E-state index contributed by atoms with van der Waals surface area (Å²) in [6.07, 6.45) is 0. The fourth-order valence-electron chi connectivity index (χ4n) is 1.29. The third-order valence-electron chi connectivity index (χ3n) is 2.06. The molecule has 0 saturated carbocycles. The van der Waals surface area contributed by atoms with E-state index < -0.39 is 0 Å². The number of pyridine rings is 1. The number of anilines is 2. The van der Waals surface area contributed by atoms with Crippen LogP contribution in [0, 0.1) is 17.1 Å². The van der Waals surface area contributed by atoms with E-state index in [1.165, 1.54) is 6.07 Å². The van der Waals surface area contributed by atoms with Crippen LogP contribution in [0.2, 0.25) is 0 Å². The largest absolute Gasteiger partial charge is 0.340 e. The van der Waals surface area contributed by atoms with Gasteiger partial charge in [-0.15, -0.1) is 0 Å². The zero-order valence-corrected chi connectivity index (χ0v) is 10.2. The topological polar surface area (TPSA) is 48.7 Å². The predicted molar refractivity (Wildman–Crippen MR) is 66.3 cm³/mol. The molecule has 0 atom stereocenters. The maximum absolute atomic E-state index is 13.3. The fourth-order valence-corrected chi connectivity index (χ4v) is 1.53. The minimum Gasteiger partial charge on any atom is -0.340 e. The van der Waals surface area contributed by atoms with Crippen molar-refractivity contribution in [2.75, 3.05) is 5.32 Å². The van der Waals surface area contributed by atoms with Gasteiger partial charge in [0.1, 0.15) is 23.4 Å². The molecule has 1 N–H and O–H groups in total. The number of hydrogen-bond acceptors (Lipinski definition) is 3. The highest BCUT2D eigenvalue weighted by Crippen LogP contribution is 2.21. The van der Waals surface area contributed by atoms with Gasteiger partial charge in [0.15, 0.2) is 0 Å². The Morgan fingerprint density at radius 3 is 2.82 bits per heavy atom. The van der Waals surface area contributed by atoms with E-state index in [4.69, 9.17) is 5.26 Å². The van der Waals surface area contributed by atoms with E-state index in [0.29, 0.717) is 21.7 Å². The number of nitrogens with zero attached hydrogens (tertiary/aromatic N) is 2. The third-order valence-corrected chi connectivity index (χ3v) is 2.70. The molecule has 0 bridgehead atoms. The molecule has 0 aliphatic carbocycles. The van der Waals surface area contributed by atoms with E-state index in [1.807, 2.05) is 6.07 Å². The molecule has 84 valence electrons. The Balaban J connectivity index is 2.25. The number of rotatable bonds is 2. The van der Waals surface area contributed by atoms with Gasteiger partial charge >= 0.3 is 0 Å². The first-order valence-electron chi connectivity index (χ1n) is 4.78. The van der Waals surface area contributed by atoms with Crippen LogP contribution in [-0.4, -0.2) is 4.98 Å². The SMILES string of the molecule is N#Cc1cccc(Nc2ccc(Br)c(F)c2)n1. The van der Waals surface area contributed by atoms with Crippen LogP contribution in [0.4, 0.5) is 15.9 Å². The van der Waals surface area contributed by atoms with Crippen LogP contribution < -0.4 is 5.32 Å². The van der Waals surface area contributed by atoms with E-state index in [9.17, 15) is 4.39 Å². The highest BCUT2D eigenvalue weighted by molar-refractivity contribution is 9.10. The van der Waals surface area contributed by atoms with Crippen LogP contribution in [0.15, 0.2) is 40.9 Å². The molecule has 0 aliphatic rings. The summed E-state index contributed by atoms with van der Waals surface area (Å²) in [5, 5.41) is 11.6. The van der Waals surface area contributed by atoms with Crippen molar-refractivity contribution in [2.45, 2.75) is 0 Å². The molecular weight excluding hydrogens is 285 g/mol. The molecule has 5 heteroatoms. The molecule has 0 radical (unpaired) electrons. The molecule has 1 heterocycles. The molecule has 0 aliphatic heterocycles. The van der Waals surface area contributed by atoms with Gasteiger partial charge in [0.25, 0.3) is 0 Å². The van der Waals surface area contributed by atoms with Crippen molar-refractivity contribution < 1.29 is 4.39 Å². The average Bonchev–Trinajstić information content (AvgIpc) is 2.34. The van der Waals surface area contributed by atoms with Gasteiger partial charge in [-0.3, -0.25) is 0 Å². The standard InChI is InChI=1S/C12H7BrFN3/c13-10-5-4-8(6-11(10)14)16-12-3-1-2-9(7-15)17-12/h1-6H,(H,16,17). The summed E-state index contributed by atoms with van der Waals surface area (Å²) in [5.74, 6) is 0.150. The Labute approximate surface area is 106 Å². The third kappa shape index (κ3) is 2.80. The van der Waals surface area contributed by atoms with Crippen molar-refractivity contribution in [1.82, 2.24) is 4.98 Å². The van der Waals surface area contributed by atoms with Crippen LogP contribution >= 0.6 is 15.9 Å². The Bertz CT molecular complexity index is 593. The number of halogens is 2. The van der Waals surface area contributed by atoms with Crippen molar-refractivity contribution in [2.24, 2.45) is 0 Å². The maximum Gasteiger partial charge on any atom is 0.142 e. The minimum atomic E-state index is -0.355. The molecule has 2 rings (SSSR count). The van der Waals surface area contributed by atoms with Gasteiger partial charge in [-0.05, 0) is 46.3 Å². The molecule has 1 aromatic carbocycles. The summed E-state index contributed by atoms with van der Waals surface area (Å²) >= 11 is 3.08. The first-order chi connectivity index (χ1) is 8.19. The Hall–Kier alpha value is -1.93. The zero-order valence-electron chi connectivity index (χ0n) is 8.61. The van der Waals surface area contributed by atoms with Crippen molar-refractivity contribution >= 4 is 27.4 Å². The van der Waals surface area contributed by atoms with Crippen molar-refractivity contribution in [3.63, 3.8) is 0 Å². The molecule has 0 spiro atoms. The molecule has 0 amide bonds. The van der Waals surface area contributed by atoms with Gasteiger partial charge < -0.3 is 5.32 Å². The fraction of sp³-hybridized carbons (Fsp3) is 0. The molecular formula is C12H7BrFN3. The van der Waals surface area contributed by atoms with E-state index in [2.05, 4.69) is 26.2 Å². The van der Waals surface area contributed by atoms with E-state index >= 15 is 0 Å². The minimum absolute atomic E-state index is 0.313. The van der Waals surface area contributed by atoms with Crippen molar-refractivity contribution in [3.05, 3.63) is 52.4 Å². The first kappa shape index (κ1) is 11.6. The lowest BCUT2D eigenvalue weighted by Crippen LogP contribution is -1.95. The average molecular weight is 292 g/mol. The number of aromatic nitrogens is 1. The lowest BCUT2D eigenvalue weighted by molar-refractivity contribution is 0.622. The second-order valence-corrected chi connectivity index (χ2v) is 4.13. The van der Waals surface area contributed by atoms with Crippen molar-refractivity contribution in [3.8, 4) is 6.07 Å². The summed E-state index contributed by atoms with van der Waals surface area (Å²) in [5.41, 5.74) is 0.890. The molecule has 3 nitrogen and oxygen atoms in total. The van der Waals surface area contributed by atoms with Crippen LogP contribution in [0.1, 0.15) is 5.69 Å². The van der Waals surface area contributed by atoms with E-state index in [-0.39, 0.29) is 5.82 Å². The maximum atomic E-state index is 13.3. The number of nitrogens with one attached hydrogen (secondary N) is 1. The van der Waals surface area contributed by atoms with Crippen LogP contribution in [0.3, 0.4) is 0 Å². The summed E-state index contributed by atoms with van der Waals surface area (Å²) < 4.78 is 13.7. The Morgan fingerprint density at radius 1 is 1.29 bits per heavy atom. The smallest absolute Gasteiger partial charge is 0.142 e. The van der Waals surface area contributed by atoms with Gasteiger partial charge in [0.05, 0.1) is 4.47 Å². The zero-order chi connectivity index (χ0) is 12.3. The molecule has 2 aromatic rings. The molecule has 0 fully saturated rings. The Kier molecular flexibility index (Phi) is 3.35. The summed E-state index contributed by atoms with van der Waals surface area (Å²) in [6, 6.07) is 11.6. The molecule has 17 heavy (non-hydrogen) atoms. The van der Waals surface area contributed by atoms with E-state index in [1.54, 1.807) is 30.3 Å². The summed E-state index contributed by atoms with van der Waals surface area (Å²) in [6.45, 7) is 0. The normalized spacial score (nSPS) is 9.71. The summed E-state index contributed by atoms with van der Waals surface area (Å²) in [4.78, 5) is 4.03. The van der Waals surface area contributed by atoms with Crippen LogP contribution in [0.5, 0.6) is 0 Å². The molecule has 1 aromatic heterocycles. The highest BCUT2D eigenvalue weighted by atomic mass is 79.9. The Morgan fingerprint density at radius 2 is 2.12 bits per heavy atom.